The van der Waals surface area contributed by atoms with Gasteiger partial charge in [0.15, 0.2) is 22.9 Å². The molecule has 0 saturated carbocycles. The smallest absolute Gasteiger partial charge is 0.335 e. The van der Waals surface area contributed by atoms with Crippen molar-refractivity contribution in [3.63, 3.8) is 0 Å². The molecule has 0 spiro atoms. The van der Waals surface area contributed by atoms with Gasteiger partial charge in [0, 0.05) is 11.6 Å². The number of phenolic OH excluding ortho intramolecular Hbond substituents is 2. The molecule has 1 saturated heterocycles. The number of rotatable bonds is 4. The van der Waals surface area contributed by atoms with Crippen molar-refractivity contribution in [2.75, 3.05) is 0 Å². The largest absolute Gasteiger partial charge is 0.504 e. The first-order valence-electron chi connectivity index (χ1n) is 9.36. The Labute approximate surface area is 178 Å². The van der Waals surface area contributed by atoms with Gasteiger partial charge in [-0.3, -0.25) is 4.79 Å². The molecule has 168 valence electrons. The maximum absolute atomic E-state index is 12.5. The van der Waals surface area contributed by atoms with Crippen LogP contribution in [0.1, 0.15) is 0 Å². The van der Waals surface area contributed by atoms with Crippen molar-refractivity contribution in [1.82, 2.24) is 0 Å². The van der Waals surface area contributed by atoms with Gasteiger partial charge < -0.3 is 44.5 Å². The lowest BCUT2D eigenvalue weighted by Gasteiger charge is -2.38. The Hall–Kier alpha value is -3.64. The highest BCUT2D eigenvalue weighted by Crippen LogP contribution is 2.43. The standard InChI is InChI=1S/C21H18O11/c22-10-7-12(8-4-2-1-3-5-8)30-17-9(10)6-11(23)18(16(17)27)31-21-15(26)13(24)14(25)19(32-21)20(28)29/h1-7,13-15,19,21,23-27H,(H,28,29)/t13-,14-,15+,19-,21+/m0/s1. The van der Waals surface area contributed by atoms with Crippen LogP contribution in [0.15, 0.2) is 51.7 Å². The maximum atomic E-state index is 12.5. The van der Waals surface area contributed by atoms with Crippen LogP contribution >= 0.6 is 0 Å². The lowest BCUT2D eigenvalue weighted by atomic mass is 9.99. The highest BCUT2D eigenvalue weighted by molar-refractivity contribution is 5.88. The minimum atomic E-state index is -1.96. The summed E-state index contributed by atoms with van der Waals surface area (Å²) in [5.41, 5.74) is -0.376. The number of aliphatic hydroxyl groups is 3. The van der Waals surface area contributed by atoms with E-state index in [1.54, 1.807) is 30.3 Å². The zero-order valence-corrected chi connectivity index (χ0v) is 16.2. The molecule has 6 N–H and O–H groups in total. The molecule has 0 radical (unpaired) electrons. The van der Waals surface area contributed by atoms with E-state index in [0.29, 0.717) is 5.56 Å². The van der Waals surface area contributed by atoms with Crippen LogP contribution in [0.2, 0.25) is 0 Å². The molecule has 1 aliphatic rings. The lowest BCUT2D eigenvalue weighted by Crippen LogP contribution is -2.61. The normalized spacial score (nSPS) is 25.5. The number of carboxylic acid groups (broad SMARTS) is 1. The van der Waals surface area contributed by atoms with Gasteiger partial charge in [0.2, 0.25) is 17.8 Å². The van der Waals surface area contributed by atoms with Crippen molar-refractivity contribution < 1.29 is 49.3 Å². The van der Waals surface area contributed by atoms with Gasteiger partial charge in [-0.15, -0.1) is 0 Å². The fraction of sp³-hybridized carbons (Fsp3) is 0.238. The molecule has 0 aliphatic carbocycles. The summed E-state index contributed by atoms with van der Waals surface area (Å²) in [6, 6.07) is 10.7. The number of aliphatic carboxylic acids is 1. The maximum Gasteiger partial charge on any atom is 0.335 e. The van der Waals surface area contributed by atoms with Gasteiger partial charge in [-0.05, 0) is 6.07 Å². The number of hydrogen-bond donors (Lipinski definition) is 6. The van der Waals surface area contributed by atoms with Gasteiger partial charge in [-0.2, -0.15) is 0 Å². The second-order valence-electron chi connectivity index (χ2n) is 7.14. The molecule has 3 aromatic rings. The molecule has 2 aromatic carbocycles. The van der Waals surface area contributed by atoms with Gasteiger partial charge >= 0.3 is 5.97 Å². The summed E-state index contributed by atoms with van der Waals surface area (Å²) < 4.78 is 15.9. The number of fused-ring (bicyclic) bond motifs is 1. The Morgan fingerprint density at radius 2 is 1.66 bits per heavy atom. The zero-order chi connectivity index (χ0) is 23.2. The highest BCUT2D eigenvalue weighted by atomic mass is 16.7. The number of aliphatic hydroxyl groups excluding tert-OH is 3. The van der Waals surface area contributed by atoms with E-state index in [0.717, 1.165) is 6.07 Å². The summed E-state index contributed by atoms with van der Waals surface area (Å²) in [7, 11) is 0. The van der Waals surface area contributed by atoms with Crippen molar-refractivity contribution in [2.45, 2.75) is 30.7 Å². The van der Waals surface area contributed by atoms with Crippen molar-refractivity contribution >= 4 is 16.9 Å². The molecule has 11 heteroatoms. The Kier molecular flexibility index (Phi) is 5.48. The van der Waals surface area contributed by atoms with Gasteiger partial charge in [0.05, 0.1) is 5.39 Å². The molecule has 4 rings (SSSR count). The van der Waals surface area contributed by atoms with Gasteiger partial charge in [-0.25, -0.2) is 4.79 Å². The number of carbonyl (C=O) groups is 1. The van der Waals surface area contributed by atoms with E-state index >= 15 is 0 Å². The molecule has 0 unspecified atom stereocenters. The first kappa shape index (κ1) is 21.6. The third kappa shape index (κ3) is 3.63. The Bertz CT molecular complexity index is 1220. The van der Waals surface area contributed by atoms with E-state index in [2.05, 4.69) is 0 Å². The molecule has 11 nitrogen and oxygen atoms in total. The highest BCUT2D eigenvalue weighted by Gasteiger charge is 2.48. The van der Waals surface area contributed by atoms with E-state index in [4.69, 9.17) is 19.0 Å². The second-order valence-corrected chi connectivity index (χ2v) is 7.14. The summed E-state index contributed by atoms with van der Waals surface area (Å²) in [5, 5.41) is 59.7. The third-order valence-electron chi connectivity index (χ3n) is 5.03. The summed E-state index contributed by atoms with van der Waals surface area (Å²) >= 11 is 0. The average molecular weight is 446 g/mol. The van der Waals surface area contributed by atoms with Crippen LogP contribution in [0, 0.1) is 0 Å². The van der Waals surface area contributed by atoms with E-state index in [-0.39, 0.29) is 16.7 Å². The van der Waals surface area contributed by atoms with Crippen molar-refractivity contribution in [1.29, 1.82) is 0 Å². The molecule has 2 heterocycles. The molecular weight excluding hydrogens is 428 g/mol. The van der Waals surface area contributed by atoms with Crippen LogP contribution < -0.4 is 10.2 Å². The summed E-state index contributed by atoms with van der Waals surface area (Å²) in [6.45, 7) is 0. The van der Waals surface area contributed by atoms with E-state index in [1.807, 2.05) is 0 Å². The summed E-state index contributed by atoms with van der Waals surface area (Å²) in [6.07, 6.45) is -9.69. The molecule has 0 bridgehead atoms. The molecule has 1 fully saturated rings. The zero-order valence-electron chi connectivity index (χ0n) is 16.2. The predicted octanol–water partition coefficient (Wildman–Crippen LogP) is 0.142. The molecule has 5 atom stereocenters. The summed E-state index contributed by atoms with van der Waals surface area (Å²) in [5.74, 6) is -3.77. The average Bonchev–Trinajstić information content (AvgIpc) is 2.77. The minimum Gasteiger partial charge on any atom is -0.504 e. The van der Waals surface area contributed by atoms with Gasteiger partial charge in [0.25, 0.3) is 0 Å². The van der Waals surface area contributed by atoms with Crippen LogP contribution in [0.5, 0.6) is 17.2 Å². The third-order valence-corrected chi connectivity index (χ3v) is 5.03. The van der Waals surface area contributed by atoms with Crippen LogP contribution in [-0.4, -0.2) is 67.3 Å². The van der Waals surface area contributed by atoms with Gasteiger partial charge in [0.1, 0.15) is 24.1 Å². The molecule has 1 aliphatic heterocycles. The molecule has 32 heavy (non-hydrogen) atoms. The Balaban J connectivity index is 1.77. The SMILES string of the molecule is O=C(O)[C@H]1O[C@@H](Oc2c(O)cc3c(=O)cc(-c4ccccc4)oc3c2O)[C@H](O)[C@@H](O)[C@@H]1O. The molecule has 1 aromatic heterocycles. The van der Waals surface area contributed by atoms with Crippen molar-refractivity contribution in [2.24, 2.45) is 0 Å². The number of phenols is 2. The number of benzene rings is 2. The van der Waals surface area contributed by atoms with E-state index < -0.39 is 59.4 Å². The number of hydrogen-bond acceptors (Lipinski definition) is 10. The summed E-state index contributed by atoms with van der Waals surface area (Å²) in [4.78, 5) is 23.8. The number of ether oxygens (including phenoxy) is 2. The Morgan fingerprint density at radius 3 is 2.31 bits per heavy atom. The monoisotopic (exact) mass is 446 g/mol. The first-order valence-corrected chi connectivity index (χ1v) is 9.36. The minimum absolute atomic E-state index is 0.119. The fourth-order valence-electron chi connectivity index (χ4n) is 3.37. The molecular formula is C21H18O11. The lowest BCUT2D eigenvalue weighted by molar-refractivity contribution is -0.271. The van der Waals surface area contributed by atoms with E-state index in [9.17, 15) is 35.1 Å². The quantitative estimate of drug-likeness (QED) is 0.320. The topological polar surface area (TPSA) is 187 Å². The van der Waals surface area contributed by atoms with Crippen molar-refractivity contribution in [3.05, 3.63) is 52.7 Å². The van der Waals surface area contributed by atoms with Crippen molar-refractivity contribution in [3.8, 4) is 28.6 Å². The van der Waals surface area contributed by atoms with Crippen LogP contribution in [-0.2, 0) is 9.53 Å². The number of carboxylic acids is 1. The van der Waals surface area contributed by atoms with Crippen LogP contribution in [0.4, 0.5) is 0 Å². The second kappa shape index (κ2) is 8.13. The van der Waals surface area contributed by atoms with Crippen LogP contribution in [0.3, 0.4) is 0 Å². The fourth-order valence-corrected chi connectivity index (χ4v) is 3.37. The van der Waals surface area contributed by atoms with E-state index in [1.165, 1.54) is 6.07 Å². The number of aromatic hydroxyl groups is 2. The Morgan fingerprint density at radius 1 is 0.969 bits per heavy atom. The molecule has 0 amide bonds. The predicted molar refractivity (Wildman–Crippen MR) is 106 cm³/mol. The van der Waals surface area contributed by atoms with Crippen LogP contribution in [0.25, 0.3) is 22.3 Å². The first-order chi connectivity index (χ1) is 15.2. The van der Waals surface area contributed by atoms with Gasteiger partial charge in [-0.1, -0.05) is 30.3 Å².